The molecule has 0 spiro atoms. The standard InChI is InChI=1S/C19H23NO2.ClH/c1-3-4-10-17(20)16-11-12-18(21-2)19(13-16)22-14-15-8-6-5-7-9-15;/h3,5-9,11-13,17H,1,4,10,14,20H2,2H3;1H/t17-;/m0./s1. The molecule has 0 radical (unpaired) electrons. The molecular formula is C19H24ClNO2. The fourth-order valence-electron chi connectivity index (χ4n) is 2.24. The lowest BCUT2D eigenvalue weighted by Crippen LogP contribution is -2.10. The number of hydrogen-bond donors (Lipinski definition) is 1. The van der Waals surface area contributed by atoms with E-state index in [9.17, 15) is 0 Å². The molecule has 0 aliphatic carbocycles. The van der Waals surface area contributed by atoms with Crippen LogP contribution in [0.5, 0.6) is 11.5 Å². The number of allylic oxidation sites excluding steroid dienone is 1. The Bertz CT molecular complexity index is 602. The third-order valence-electron chi connectivity index (χ3n) is 3.53. The molecule has 0 aliphatic heterocycles. The van der Waals surface area contributed by atoms with Crippen LogP contribution in [0.4, 0.5) is 0 Å². The first kappa shape index (κ1) is 19.1. The van der Waals surface area contributed by atoms with Crippen molar-refractivity contribution in [2.24, 2.45) is 5.73 Å². The van der Waals surface area contributed by atoms with Gasteiger partial charge in [-0.05, 0) is 36.1 Å². The van der Waals surface area contributed by atoms with E-state index in [1.54, 1.807) is 7.11 Å². The average Bonchev–Trinajstić information content (AvgIpc) is 2.58. The van der Waals surface area contributed by atoms with Crippen molar-refractivity contribution in [2.75, 3.05) is 7.11 Å². The molecule has 2 aromatic carbocycles. The molecule has 2 N–H and O–H groups in total. The third-order valence-corrected chi connectivity index (χ3v) is 3.53. The summed E-state index contributed by atoms with van der Waals surface area (Å²) >= 11 is 0. The highest BCUT2D eigenvalue weighted by Crippen LogP contribution is 2.31. The molecule has 1 atom stereocenters. The first-order valence-electron chi connectivity index (χ1n) is 7.45. The van der Waals surface area contributed by atoms with Crippen molar-refractivity contribution in [1.29, 1.82) is 0 Å². The number of nitrogens with two attached hydrogens (primary N) is 1. The Hall–Kier alpha value is -1.97. The van der Waals surface area contributed by atoms with Gasteiger partial charge in [-0.15, -0.1) is 19.0 Å². The van der Waals surface area contributed by atoms with Crippen molar-refractivity contribution in [3.63, 3.8) is 0 Å². The fourth-order valence-corrected chi connectivity index (χ4v) is 2.24. The summed E-state index contributed by atoms with van der Waals surface area (Å²) in [5.41, 5.74) is 8.37. The molecule has 0 aromatic heterocycles. The molecule has 3 nitrogen and oxygen atoms in total. The highest BCUT2D eigenvalue weighted by Gasteiger charge is 2.11. The second-order valence-electron chi connectivity index (χ2n) is 5.16. The average molecular weight is 334 g/mol. The lowest BCUT2D eigenvalue weighted by molar-refractivity contribution is 0.284. The Morgan fingerprint density at radius 3 is 2.52 bits per heavy atom. The molecule has 2 aromatic rings. The van der Waals surface area contributed by atoms with Gasteiger partial charge in [0.1, 0.15) is 6.61 Å². The summed E-state index contributed by atoms with van der Waals surface area (Å²) in [4.78, 5) is 0. The second-order valence-corrected chi connectivity index (χ2v) is 5.16. The quantitative estimate of drug-likeness (QED) is 0.714. The summed E-state index contributed by atoms with van der Waals surface area (Å²) in [6, 6.07) is 15.9. The lowest BCUT2D eigenvalue weighted by Gasteiger charge is -2.16. The van der Waals surface area contributed by atoms with Crippen LogP contribution in [0, 0.1) is 0 Å². The lowest BCUT2D eigenvalue weighted by atomic mass is 10.0. The Balaban J connectivity index is 0.00000264. The monoisotopic (exact) mass is 333 g/mol. The maximum Gasteiger partial charge on any atom is 0.161 e. The Kier molecular flexibility index (Phi) is 8.23. The van der Waals surface area contributed by atoms with Gasteiger partial charge < -0.3 is 15.2 Å². The molecule has 23 heavy (non-hydrogen) atoms. The maximum absolute atomic E-state index is 6.20. The summed E-state index contributed by atoms with van der Waals surface area (Å²) < 4.78 is 11.3. The van der Waals surface area contributed by atoms with Crippen LogP contribution in [0.25, 0.3) is 0 Å². The van der Waals surface area contributed by atoms with E-state index < -0.39 is 0 Å². The van der Waals surface area contributed by atoms with Crippen molar-refractivity contribution < 1.29 is 9.47 Å². The predicted molar refractivity (Wildman–Crippen MR) is 97.4 cm³/mol. The van der Waals surface area contributed by atoms with E-state index in [1.807, 2.05) is 54.6 Å². The van der Waals surface area contributed by atoms with Gasteiger partial charge in [0.2, 0.25) is 0 Å². The van der Waals surface area contributed by atoms with Crippen LogP contribution in [-0.2, 0) is 6.61 Å². The highest BCUT2D eigenvalue weighted by atomic mass is 35.5. The largest absolute Gasteiger partial charge is 0.493 e. The maximum atomic E-state index is 6.20. The molecule has 0 heterocycles. The smallest absolute Gasteiger partial charge is 0.161 e. The molecule has 0 fully saturated rings. The second kappa shape index (κ2) is 9.93. The zero-order chi connectivity index (χ0) is 15.8. The van der Waals surface area contributed by atoms with Crippen molar-refractivity contribution in [2.45, 2.75) is 25.5 Å². The third kappa shape index (κ3) is 5.62. The topological polar surface area (TPSA) is 44.5 Å². The molecule has 0 unspecified atom stereocenters. The molecule has 0 amide bonds. The van der Waals surface area contributed by atoms with Crippen molar-refractivity contribution in [3.8, 4) is 11.5 Å². The van der Waals surface area contributed by atoms with E-state index in [0.29, 0.717) is 6.61 Å². The molecule has 0 aliphatic rings. The van der Waals surface area contributed by atoms with Gasteiger partial charge >= 0.3 is 0 Å². The molecule has 0 saturated heterocycles. The SMILES string of the molecule is C=CCC[C@H](N)c1ccc(OC)c(OCc2ccccc2)c1.Cl. The van der Waals surface area contributed by atoms with Crippen LogP contribution in [0.2, 0.25) is 0 Å². The molecule has 2 rings (SSSR count). The van der Waals surface area contributed by atoms with Crippen LogP contribution in [-0.4, -0.2) is 7.11 Å². The van der Waals surface area contributed by atoms with Crippen LogP contribution in [0.3, 0.4) is 0 Å². The van der Waals surface area contributed by atoms with E-state index in [0.717, 1.165) is 35.5 Å². The van der Waals surface area contributed by atoms with Crippen LogP contribution in [0.1, 0.15) is 30.0 Å². The van der Waals surface area contributed by atoms with Gasteiger partial charge in [0.15, 0.2) is 11.5 Å². The number of rotatable bonds is 8. The van der Waals surface area contributed by atoms with Crippen molar-refractivity contribution in [1.82, 2.24) is 0 Å². The van der Waals surface area contributed by atoms with Gasteiger partial charge in [-0.3, -0.25) is 0 Å². The zero-order valence-electron chi connectivity index (χ0n) is 13.4. The summed E-state index contributed by atoms with van der Waals surface area (Å²) in [6.07, 6.45) is 3.65. The zero-order valence-corrected chi connectivity index (χ0v) is 14.2. The first-order valence-corrected chi connectivity index (χ1v) is 7.45. The molecule has 4 heteroatoms. The number of hydrogen-bond acceptors (Lipinski definition) is 3. The summed E-state index contributed by atoms with van der Waals surface area (Å²) in [6.45, 7) is 4.24. The van der Waals surface area contributed by atoms with E-state index in [4.69, 9.17) is 15.2 Å². The Morgan fingerprint density at radius 2 is 1.87 bits per heavy atom. The van der Waals surface area contributed by atoms with Gasteiger partial charge in [0, 0.05) is 6.04 Å². The number of ether oxygens (including phenoxy) is 2. The van der Waals surface area contributed by atoms with Crippen molar-refractivity contribution in [3.05, 3.63) is 72.3 Å². The van der Waals surface area contributed by atoms with Gasteiger partial charge in [-0.2, -0.15) is 0 Å². The Labute approximate surface area is 144 Å². The van der Waals surface area contributed by atoms with Crippen molar-refractivity contribution >= 4 is 12.4 Å². The van der Waals surface area contributed by atoms with Crippen LogP contribution in [0.15, 0.2) is 61.2 Å². The van der Waals surface area contributed by atoms with Crippen LogP contribution < -0.4 is 15.2 Å². The van der Waals surface area contributed by atoms with E-state index in [1.165, 1.54) is 0 Å². The summed E-state index contributed by atoms with van der Waals surface area (Å²) in [5, 5.41) is 0. The minimum absolute atomic E-state index is 0. The number of halogens is 1. The Morgan fingerprint density at radius 1 is 1.13 bits per heavy atom. The van der Waals surface area contributed by atoms with E-state index in [2.05, 4.69) is 6.58 Å². The predicted octanol–water partition coefficient (Wildman–Crippen LogP) is 4.66. The van der Waals surface area contributed by atoms with Gasteiger partial charge in [0.25, 0.3) is 0 Å². The van der Waals surface area contributed by atoms with Crippen LogP contribution >= 0.6 is 12.4 Å². The molecule has 0 bridgehead atoms. The van der Waals surface area contributed by atoms with E-state index >= 15 is 0 Å². The van der Waals surface area contributed by atoms with Gasteiger partial charge in [-0.1, -0.05) is 42.5 Å². The minimum atomic E-state index is -0.0250. The highest BCUT2D eigenvalue weighted by molar-refractivity contribution is 5.85. The number of benzene rings is 2. The normalized spacial score (nSPS) is 11.2. The minimum Gasteiger partial charge on any atom is -0.493 e. The summed E-state index contributed by atoms with van der Waals surface area (Å²) in [5.74, 6) is 1.44. The van der Waals surface area contributed by atoms with Gasteiger partial charge in [-0.25, -0.2) is 0 Å². The molecule has 124 valence electrons. The van der Waals surface area contributed by atoms with E-state index in [-0.39, 0.29) is 18.4 Å². The number of methoxy groups -OCH3 is 1. The summed E-state index contributed by atoms with van der Waals surface area (Å²) in [7, 11) is 1.64. The molecular weight excluding hydrogens is 310 g/mol. The van der Waals surface area contributed by atoms with Gasteiger partial charge in [0.05, 0.1) is 7.11 Å². The molecule has 0 saturated carbocycles. The fraction of sp³-hybridized carbons (Fsp3) is 0.263. The first-order chi connectivity index (χ1) is 10.7.